The van der Waals surface area contributed by atoms with Crippen molar-refractivity contribution < 1.29 is 0 Å². The first-order valence-corrected chi connectivity index (χ1v) is 4.14. The number of hydrogen-bond donors (Lipinski definition) is 0. The molecule has 0 aliphatic carbocycles. The first kappa shape index (κ1) is 11.2. The molecule has 0 saturated carbocycles. The van der Waals surface area contributed by atoms with Gasteiger partial charge in [-0.15, -0.1) is 0 Å². The second kappa shape index (κ2) is 3.70. The quantitative estimate of drug-likeness (QED) is 0.438. The van der Waals surface area contributed by atoms with Crippen LogP contribution in [0.3, 0.4) is 0 Å². The lowest BCUT2D eigenvalue weighted by Crippen LogP contribution is -2.10. The van der Waals surface area contributed by atoms with E-state index in [1.54, 1.807) is 0 Å². The van der Waals surface area contributed by atoms with Gasteiger partial charge in [0, 0.05) is 0 Å². The van der Waals surface area contributed by atoms with Crippen molar-refractivity contribution in [2.24, 2.45) is 10.4 Å². The van der Waals surface area contributed by atoms with Crippen LogP contribution in [0.15, 0.2) is 28.4 Å². The fraction of sp³-hybridized carbons (Fsp3) is 0.545. The smallest absolute Gasteiger partial charge is 0.0640 e. The van der Waals surface area contributed by atoms with Gasteiger partial charge in [-0.25, -0.2) is 0 Å². The van der Waals surface area contributed by atoms with Crippen molar-refractivity contribution in [3.8, 4) is 0 Å². The van der Waals surface area contributed by atoms with E-state index in [0.29, 0.717) is 0 Å². The summed E-state index contributed by atoms with van der Waals surface area (Å²) in [6.07, 6.45) is 0. The Labute approximate surface area is 75.9 Å². The molecule has 12 heavy (non-hydrogen) atoms. The zero-order valence-electron chi connectivity index (χ0n) is 8.86. The number of rotatable bonds is 2. The lowest BCUT2D eigenvalue weighted by Gasteiger charge is -2.22. The monoisotopic (exact) mass is 165 g/mol. The number of allylic oxidation sites excluding steroid dienone is 2. The highest BCUT2D eigenvalue weighted by Crippen LogP contribution is 2.31. The van der Waals surface area contributed by atoms with Gasteiger partial charge in [-0.2, -0.15) is 0 Å². The van der Waals surface area contributed by atoms with Crippen LogP contribution in [0, 0.1) is 5.41 Å². The summed E-state index contributed by atoms with van der Waals surface area (Å²) < 4.78 is 0. The molecule has 0 bridgehead atoms. The van der Waals surface area contributed by atoms with Crippen molar-refractivity contribution in [2.45, 2.75) is 34.6 Å². The second-order valence-electron chi connectivity index (χ2n) is 4.24. The van der Waals surface area contributed by atoms with Gasteiger partial charge in [0.2, 0.25) is 0 Å². The Morgan fingerprint density at radius 3 is 1.67 bits per heavy atom. The molecule has 0 aromatic carbocycles. The molecule has 68 valence electrons. The van der Waals surface area contributed by atoms with Crippen LogP contribution in [-0.4, -0.2) is 6.72 Å². The molecule has 0 aromatic heterocycles. The molecule has 0 aromatic rings. The molecule has 0 amide bonds. The zero-order valence-corrected chi connectivity index (χ0v) is 8.86. The van der Waals surface area contributed by atoms with Crippen LogP contribution in [0.5, 0.6) is 0 Å². The average Bonchev–Trinajstić information content (AvgIpc) is 1.86. The lowest BCUT2D eigenvalue weighted by molar-refractivity contribution is 0.510. The Morgan fingerprint density at radius 2 is 1.58 bits per heavy atom. The maximum atomic E-state index is 4.03. The third-order valence-corrected chi connectivity index (χ3v) is 1.82. The summed E-state index contributed by atoms with van der Waals surface area (Å²) >= 11 is 0. The van der Waals surface area contributed by atoms with E-state index in [1.165, 1.54) is 5.57 Å². The largest absolute Gasteiger partial charge is 0.264 e. The third-order valence-electron chi connectivity index (χ3n) is 1.82. The molecular weight excluding hydrogens is 146 g/mol. The molecular formula is C11H19N. The summed E-state index contributed by atoms with van der Waals surface area (Å²) in [6.45, 7) is 18.0. The van der Waals surface area contributed by atoms with E-state index in [9.17, 15) is 0 Å². The summed E-state index contributed by atoms with van der Waals surface area (Å²) in [6, 6.07) is 0. The topological polar surface area (TPSA) is 12.4 Å². The summed E-state index contributed by atoms with van der Waals surface area (Å²) in [4.78, 5) is 3.98. The van der Waals surface area contributed by atoms with E-state index in [-0.39, 0.29) is 5.41 Å². The summed E-state index contributed by atoms with van der Waals surface area (Å²) in [5, 5.41) is 0. The minimum absolute atomic E-state index is 0.0772. The van der Waals surface area contributed by atoms with Crippen LogP contribution in [0.4, 0.5) is 0 Å². The van der Waals surface area contributed by atoms with Gasteiger partial charge in [0.05, 0.1) is 5.70 Å². The van der Waals surface area contributed by atoms with Gasteiger partial charge in [0.15, 0.2) is 0 Å². The SMILES string of the molecule is C=NC(C(=C)C(C)(C)C)=C(C)C. The minimum atomic E-state index is 0.0772. The van der Waals surface area contributed by atoms with Crippen LogP contribution >= 0.6 is 0 Å². The van der Waals surface area contributed by atoms with Crippen molar-refractivity contribution >= 4 is 6.72 Å². The first-order chi connectivity index (χ1) is 5.30. The molecule has 0 saturated heterocycles. The Bertz CT molecular complexity index is 222. The maximum absolute atomic E-state index is 4.03. The highest BCUT2D eigenvalue weighted by Gasteiger charge is 2.18. The van der Waals surface area contributed by atoms with Crippen LogP contribution in [0.25, 0.3) is 0 Å². The van der Waals surface area contributed by atoms with E-state index in [1.807, 2.05) is 13.8 Å². The van der Waals surface area contributed by atoms with Gasteiger partial charge in [0.1, 0.15) is 0 Å². The normalized spacial score (nSPS) is 10.8. The van der Waals surface area contributed by atoms with Crippen LogP contribution in [0.1, 0.15) is 34.6 Å². The molecule has 1 nitrogen and oxygen atoms in total. The predicted molar refractivity (Wildman–Crippen MR) is 56.5 cm³/mol. The fourth-order valence-electron chi connectivity index (χ4n) is 0.911. The van der Waals surface area contributed by atoms with Crippen molar-refractivity contribution in [1.82, 2.24) is 0 Å². The van der Waals surface area contributed by atoms with Gasteiger partial charge in [-0.3, -0.25) is 4.99 Å². The molecule has 0 heterocycles. The standard InChI is InChI=1S/C11H19N/c1-8(2)10(12-7)9(3)11(4,5)6/h3,7H2,1-2,4-6H3. The van der Waals surface area contributed by atoms with Gasteiger partial charge in [0.25, 0.3) is 0 Å². The highest BCUT2D eigenvalue weighted by molar-refractivity contribution is 5.41. The molecule has 0 N–H and O–H groups in total. The molecule has 0 spiro atoms. The van der Waals surface area contributed by atoms with E-state index < -0.39 is 0 Å². The van der Waals surface area contributed by atoms with Crippen LogP contribution in [0.2, 0.25) is 0 Å². The highest BCUT2D eigenvalue weighted by atomic mass is 14.7. The van der Waals surface area contributed by atoms with Crippen molar-refractivity contribution in [1.29, 1.82) is 0 Å². The Kier molecular flexibility index (Phi) is 3.44. The molecule has 1 heteroatoms. The van der Waals surface area contributed by atoms with E-state index in [2.05, 4.69) is 39.1 Å². The molecule has 0 aliphatic rings. The van der Waals surface area contributed by atoms with Crippen molar-refractivity contribution in [3.05, 3.63) is 23.4 Å². The molecule has 0 rings (SSSR count). The molecule has 0 atom stereocenters. The number of aliphatic imine (C=N–C) groups is 1. The molecule has 0 radical (unpaired) electrons. The molecule has 0 aliphatic heterocycles. The first-order valence-electron chi connectivity index (χ1n) is 4.14. The number of hydrogen-bond acceptors (Lipinski definition) is 1. The fourth-order valence-corrected chi connectivity index (χ4v) is 0.911. The van der Waals surface area contributed by atoms with Gasteiger partial charge in [-0.05, 0) is 31.6 Å². The Hall–Kier alpha value is -0.850. The zero-order chi connectivity index (χ0) is 9.94. The van der Waals surface area contributed by atoms with E-state index in [4.69, 9.17) is 0 Å². The third kappa shape index (κ3) is 2.65. The molecule has 0 fully saturated rings. The van der Waals surface area contributed by atoms with Crippen molar-refractivity contribution in [3.63, 3.8) is 0 Å². The second-order valence-corrected chi connectivity index (χ2v) is 4.24. The van der Waals surface area contributed by atoms with Crippen LogP contribution < -0.4 is 0 Å². The maximum Gasteiger partial charge on any atom is 0.0640 e. The lowest BCUT2D eigenvalue weighted by atomic mass is 9.84. The van der Waals surface area contributed by atoms with E-state index in [0.717, 1.165) is 11.3 Å². The minimum Gasteiger partial charge on any atom is -0.264 e. The summed E-state index contributed by atoms with van der Waals surface area (Å²) in [7, 11) is 0. The average molecular weight is 165 g/mol. The summed E-state index contributed by atoms with van der Waals surface area (Å²) in [5.74, 6) is 0. The van der Waals surface area contributed by atoms with Gasteiger partial charge < -0.3 is 0 Å². The van der Waals surface area contributed by atoms with Crippen molar-refractivity contribution in [2.75, 3.05) is 0 Å². The Balaban J connectivity index is 4.94. The van der Waals surface area contributed by atoms with Gasteiger partial charge in [-0.1, -0.05) is 32.9 Å². The summed E-state index contributed by atoms with van der Waals surface area (Å²) in [5.41, 5.74) is 3.25. The van der Waals surface area contributed by atoms with Gasteiger partial charge >= 0.3 is 0 Å². The van der Waals surface area contributed by atoms with Crippen LogP contribution in [-0.2, 0) is 0 Å². The number of nitrogens with zero attached hydrogens (tertiary/aromatic N) is 1. The molecule has 0 unspecified atom stereocenters. The Morgan fingerprint density at radius 1 is 1.17 bits per heavy atom. The van der Waals surface area contributed by atoms with E-state index >= 15 is 0 Å². The predicted octanol–water partition coefficient (Wildman–Crippen LogP) is 3.58.